The van der Waals surface area contributed by atoms with Crippen LogP contribution in [0, 0.1) is 0 Å². The van der Waals surface area contributed by atoms with E-state index in [9.17, 15) is 0 Å². The van der Waals surface area contributed by atoms with Gasteiger partial charge in [0.05, 0.1) is 55.6 Å². The predicted octanol–water partition coefficient (Wildman–Crippen LogP) is 12.7. The van der Waals surface area contributed by atoms with Crippen LogP contribution in [0.3, 0.4) is 0 Å². The SMILES string of the molecule is Nc1ccccc1Oc1cc2c(=O)n3c4ccccc4nc3c3cc(Oc4ccccc4N)c4c5c(Oc6ccccc6N)cc6c7c(cc(Oc8ccccc8N)c(c1c4c23)c57)c(=O)n1c2ccccc2nc61. The number of nitrogen functional groups attached to an aromatic ring is 4. The number of aromatic nitrogens is 4. The zero-order valence-corrected chi connectivity index (χ0v) is 38.7. The van der Waals surface area contributed by atoms with Crippen LogP contribution in [0.25, 0.3) is 98.0 Å². The topological polar surface area (TPSA) is 210 Å². The molecule has 74 heavy (non-hydrogen) atoms. The second kappa shape index (κ2) is 15.0. The number of imidazole rings is 2. The van der Waals surface area contributed by atoms with Gasteiger partial charge in [0.25, 0.3) is 11.1 Å². The lowest BCUT2D eigenvalue weighted by Gasteiger charge is -2.25. The summed E-state index contributed by atoms with van der Waals surface area (Å²) in [5.41, 5.74) is 30.9. The van der Waals surface area contributed by atoms with Crippen molar-refractivity contribution in [2.24, 2.45) is 0 Å². The first-order chi connectivity index (χ1) is 36.2. The van der Waals surface area contributed by atoms with Gasteiger partial charge in [-0.15, -0.1) is 0 Å². The average Bonchev–Trinajstić information content (AvgIpc) is 4.03. The third-order valence-corrected chi connectivity index (χ3v) is 14.2. The van der Waals surface area contributed by atoms with Gasteiger partial charge in [0, 0.05) is 53.9 Å². The molecule has 14 nitrogen and oxygen atoms in total. The van der Waals surface area contributed by atoms with Crippen LogP contribution in [-0.2, 0) is 0 Å². The largest absolute Gasteiger partial charge is 0.455 e. The number of para-hydroxylation sites is 12. The Morgan fingerprint density at radius 1 is 0.311 bits per heavy atom. The number of rotatable bonds is 8. The van der Waals surface area contributed by atoms with Gasteiger partial charge in [-0.1, -0.05) is 72.8 Å². The monoisotopic (exact) mass is 964 g/mol. The summed E-state index contributed by atoms with van der Waals surface area (Å²) in [5.74, 6) is 2.51. The highest BCUT2D eigenvalue weighted by atomic mass is 16.5. The lowest BCUT2D eigenvalue weighted by Crippen LogP contribution is -2.15. The minimum atomic E-state index is -0.340. The van der Waals surface area contributed by atoms with E-state index in [-0.39, 0.29) is 22.6 Å². The molecule has 0 unspecified atom stereocenters. The maximum absolute atomic E-state index is 15.6. The van der Waals surface area contributed by atoms with Crippen LogP contribution in [0.1, 0.15) is 0 Å². The van der Waals surface area contributed by atoms with Gasteiger partial charge in [-0.2, -0.15) is 0 Å². The molecule has 0 aliphatic carbocycles. The molecule has 0 bridgehead atoms. The van der Waals surface area contributed by atoms with E-state index in [4.69, 9.17) is 51.9 Å². The molecule has 0 saturated heterocycles. The molecular weight excluding hydrogens is 929 g/mol. The zero-order chi connectivity index (χ0) is 49.7. The standard InChI is InChI=1S/C60H36N8O6/c61-33-13-1-9-21-41(33)71-45-25-29-49-31(59(69)67-39-19-7-5-17-37(39)65-57(29)67)27-47(73-43-23-11-3-15-35(43)63)53-54-48(74-44-24-12-4-16-36(44)64)28-32-50-30(58-66-38-18-6-8-20-40(38)68(58)60(32)70)26-46(52(56(50)54)51(45)55(49)53)72-42-22-10-2-14-34(42)62/h1-28H,61-64H2. The van der Waals surface area contributed by atoms with E-state index in [1.807, 2.05) is 109 Å². The molecule has 0 radical (unpaired) electrons. The zero-order valence-electron chi connectivity index (χ0n) is 38.7. The lowest BCUT2D eigenvalue weighted by molar-refractivity contribution is 0.486. The highest BCUT2D eigenvalue weighted by Crippen LogP contribution is 2.58. The number of nitrogens with two attached hydrogens (primary N) is 4. The van der Waals surface area contributed by atoms with Crippen molar-refractivity contribution >= 4 is 121 Å². The minimum absolute atomic E-state index is 0.247. The van der Waals surface area contributed by atoms with E-state index < -0.39 is 0 Å². The van der Waals surface area contributed by atoms with E-state index in [0.29, 0.717) is 155 Å². The number of pyridine rings is 2. The first kappa shape index (κ1) is 41.2. The van der Waals surface area contributed by atoms with Crippen molar-refractivity contribution in [3.63, 3.8) is 0 Å². The molecule has 14 heteroatoms. The highest BCUT2D eigenvalue weighted by molar-refractivity contribution is 6.45. The highest BCUT2D eigenvalue weighted by Gasteiger charge is 2.33. The molecule has 15 aromatic rings. The Bertz CT molecular complexity index is 4700. The average molecular weight is 965 g/mol. The summed E-state index contributed by atoms with van der Waals surface area (Å²) < 4.78 is 31.7. The van der Waals surface area contributed by atoms with Gasteiger partial charge in [-0.3, -0.25) is 18.4 Å². The van der Waals surface area contributed by atoms with Crippen molar-refractivity contribution < 1.29 is 18.9 Å². The molecule has 0 atom stereocenters. The molecule has 0 aliphatic rings. The molecule has 352 valence electrons. The summed E-state index contributed by atoms with van der Waals surface area (Å²) >= 11 is 0. The fourth-order valence-electron chi connectivity index (χ4n) is 11.0. The van der Waals surface area contributed by atoms with Gasteiger partial charge >= 0.3 is 0 Å². The molecule has 0 fully saturated rings. The van der Waals surface area contributed by atoms with E-state index in [0.717, 1.165) is 0 Å². The van der Waals surface area contributed by atoms with Crippen LogP contribution in [0.4, 0.5) is 22.7 Å². The van der Waals surface area contributed by atoms with Crippen molar-refractivity contribution in [3.05, 3.63) is 191 Å². The van der Waals surface area contributed by atoms with Crippen LogP contribution in [-0.4, -0.2) is 18.8 Å². The van der Waals surface area contributed by atoms with Gasteiger partial charge < -0.3 is 41.9 Å². The Morgan fingerprint density at radius 2 is 0.595 bits per heavy atom. The van der Waals surface area contributed by atoms with Crippen LogP contribution < -0.4 is 53.0 Å². The molecule has 0 amide bonds. The van der Waals surface area contributed by atoms with Crippen molar-refractivity contribution in [2.75, 3.05) is 22.9 Å². The molecular formula is C60H36N8O6. The van der Waals surface area contributed by atoms with Gasteiger partial charge in [0.2, 0.25) is 0 Å². The number of hydrogen-bond donors (Lipinski definition) is 4. The Hall–Kier alpha value is -10.6. The Balaban J connectivity index is 1.27. The normalized spacial score (nSPS) is 12.1. The molecule has 11 aromatic carbocycles. The number of anilines is 4. The second-order valence-corrected chi connectivity index (χ2v) is 18.4. The van der Waals surface area contributed by atoms with Crippen molar-refractivity contribution in [3.8, 4) is 46.0 Å². The molecule has 0 saturated carbocycles. The quantitative estimate of drug-likeness (QED) is 0.0637. The fraction of sp³-hybridized carbons (Fsp3) is 0. The molecule has 0 spiro atoms. The third kappa shape index (κ3) is 5.63. The molecule has 4 aromatic heterocycles. The predicted molar refractivity (Wildman–Crippen MR) is 294 cm³/mol. The first-order valence-corrected chi connectivity index (χ1v) is 23.7. The van der Waals surface area contributed by atoms with Crippen molar-refractivity contribution in [1.82, 2.24) is 18.8 Å². The minimum Gasteiger partial charge on any atom is -0.455 e. The summed E-state index contributed by atoms with van der Waals surface area (Å²) in [4.78, 5) is 41.4. The van der Waals surface area contributed by atoms with Gasteiger partial charge in [-0.25, -0.2) is 9.97 Å². The maximum atomic E-state index is 15.6. The Kier molecular flexibility index (Phi) is 8.33. The molecule has 8 N–H and O–H groups in total. The summed E-state index contributed by atoms with van der Waals surface area (Å²) in [6.45, 7) is 0. The Morgan fingerprint density at radius 3 is 0.919 bits per heavy atom. The Labute approximate surface area is 416 Å². The van der Waals surface area contributed by atoms with Crippen LogP contribution >= 0.6 is 0 Å². The fourth-order valence-corrected chi connectivity index (χ4v) is 11.0. The number of nitrogens with zero attached hydrogens (tertiary/aromatic N) is 4. The number of fused-ring (bicyclic) bond motifs is 10. The second-order valence-electron chi connectivity index (χ2n) is 18.4. The number of ether oxygens (including phenoxy) is 4. The molecule has 4 heterocycles. The number of hydrogen-bond acceptors (Lipinski definition) is 12. The van der Waals surface area contributed by atoms with Crippen LogP contribution in [0.5, 0.6) is 46.0 Å². The lowest BCUT2D eigenvalue weighted by atomic mass is 9.84. The van der Waals surface area contributed by atoms with Crippen molar-refractivity contribution in [1.29, 1.82) is 0 Å². The summed E-state index contributed by atoms with van der Waals surface area (Å²) in [7, 11) is 0. The smallest absolute Gasteiger partial charge is 0.264 e. The summed E-state index contributed by atoms with van der Waals surface area (Å²) in [6.07, 6.45) is 0. The number of benzene rings is 11. The van der Waals surface area contributed by atoms with E-state index in [1.165, 1.54) is 0 Å². The van der Waals surface area contributed by atoms with Gasteiger partial charge in [0.15, 0.2) is 0 Å². The van der Waals surface area contributed by atoms with Gasteiger partial charge in [0.1, 0.15) is 57.3 Å². The summed E-state index contributed by atoms with van der Waals surface area (Å²) in [6, 6.07) is 51.0. The third-order valence-electron chi connectivity index (χ3n) is 14.2. The maximum Gasteiger partial charge on any atom is 0.264 e. The van der Waals surface area contributed by atoms with E-state index >= 15 is 9.59 Å². The van der Waals surface area contributed by atoms with Crippen molar-refractivity contribution in [2.45, 2.75) is 0 Å². The molecule has 0 aliphatic heterocycles. The van der Waals surface area contributed by atoms with E-state index in [2.05, 4.69) is 0 Å². The first-order valence-electron chi connectivity index (χ1n) is 23.7. The van der Waals surface area contributed by atoms with Crippen LogP contribution in [0.2, 0.25) is 0 Å². The van der Waals surface area contributed by atoms with Gasteiger partial charge in [-0.05, 0) is 97.1 Å². The van der Waals surface area contributed by atoms with E-state index in [1.54, 1.807) is 69.5 Å². The molecule has 15 rings (SSSR count). The van der Waals surface area contributed by atoms with Crippen LogP contribution in [0.15, 0.2) is 179 Å². The summed E-state index contributed by atoms with van der Waals surface area (Å²) in [5, 5.41) is 5.94.